The summed E-state index contributed by atoms with van der Waals surface area (Å²) in [5, 5.41) is 9.05. The quantitative estimate of drug-likeness (QED) is 0.594. The Hall–Kier alpha value is -0.620. The molecule has 0 aromatic heterocycles. The fourth-order valence-corrected chi connectivity index (χ4v) is 4.65. The lowest BCUT2D eigenvalue weighted by molar-refractivity contribution is -0.140. The van der Waals surface area contributed by atoms with Gasteiger partial charge in [-0.05, 0) is 19.3 Å². The van der Waals surface area contributed by atoms with Crippen molar-refractivity contribution in [3.05, 3.63) is 0 Å². The van der Waals surface area contributed by atoms with E-state index < -0.39 is 22.0 Å². The molecular weight excluding hydrogens is 290 g/mol. The molecular formula is C15H29NO4S. The van der Waals surface area contributed by atoms with E-state index in [9.17, 15) is 13.2 Å². The summed E-state index contributed by atoms with van der Waals surface area (Å²) < 4.78 is 25.6. The van der Waals surface area contributed by atoms with Crippen LogP contribution in [0, 0.1) is 0 Å². The van der Waals surface area contributed by atoms with E-state index >= 15 is 0 Å². The molecule has 1 fully saturated rings. The molecule has 1 rings (SSSR count). The van der Waals surface area contributed by atoms with E-state index in [0.717, 1.165) is 12.8 Å². The van der Waals surface area contributed by atoms with Crippen LogP contribution >= 0.6 is 0 Å². The number of carboxylic acids is 1. The van der Waals surface area contributed by atoms with E-state index in [4.69, 9.17) is 5.11 Å². The Morgan fingerprint density at radius 3 is 2.24 bits per heavy atom. The molecule has 1 heterocycles. The van der Waals surface area contributed by atoms with E-state index in [1.807, 2.05) is 0 Å². The number of carbonyl (C=O) groups is 1. The molecule has 1 aliphatic rings. The largest absolute Gasteiger partial charge is 0.480 e. The van der Waals surface area contributed by atoms with Crippen molar-refractivity contribution in [1.82, 2.24) is 4.31 Å². The summed E-state index contributed by atoms with van der Waals surface area (Å²) >= 11 is 0. The molecule has 0 aromatic carbocycles. The monoisotopic (exact) mass is 319 g/mol. The van der Waals surface area contributed by atoms with Gasteiger partial charge in [-0.1, -0.05) is 51.9 Å². The number of sulfonamides is 1. The molecule has 1 saturated heterocycles. The summed E-state index contributed by atoms with van der Waals surface area (Å²) in [6, 6.07) is -0.843. The van der Waals surface area contributed by atoms with Crippen molar-refractivity contribution in [1.29, 1.82) is 0 Å². The first-order valence-corrected chi connectivity index (χ1v) is 9.82. The molecule has 0 amide bonds. The van der Waals surface area contributed by atoms with Crippen molar-refractivity contribution in [2.45, 2.75) is 77.2 Å². The van der Waals surface area contributed by atoms with Crippen LogP contribution in [-0.2, 0) is 14.8 Å². The van der Waals surface area contributed by atoms with Crippen molar-refractivity contribution in [3.8, 4) is 0 Å². The van der Waals surface area contributed by atoms with Crippen LogP contribution < -0.4 is 0 Å². The minimum atomic E-state index is -3.40. The predicted molar refractivity (Wildman–Crippen MR) is 83.8 cm³/mol. The minimum Gasteiger partial charge on any atom is -0.480 e. The fraction of sp³-hybridized carbons (Fsp3) is 0.933. The van der Waals surface area contributed by atoms with Gasteiger partial charge in [-0.15, -0.1) is 0 Å². The topological polar surface area (TPSA) is 74.7 Å². The molecule has 0 unspecified atom stereocenters. The molecule has 0 spiro atoms. The molecule has 5 nitrogen and oxygen atoms in total. The molecule has 0 radical (unpaired) electrons. The van der Waals surface area contributed by atoms with E-state index in [1.54, 1.807) is 0 Å². The Morgan fingerprint density at radius 2 is 1.67 bits per heavy atom. The van der Waals surface area contributed by atoms with Gasteiger partial charge in [-0.3, -0.25) is 4.79 Å². The first-order valence-electron chi connectivity index (χ1n) is 8.21. The summed E-state index contributed by atoms with van der Waals surface area (Å²) in [5.74, 6) is -0.932. The molecule has 0 bridgehead atoms. The van der Waals surface area contributed by atoms with Crippen molar-refractivity contribution >= 4 is 16.0 Å². The van der Waals surface area contributed by atoms with Crippen molar-refractivity contribution in [2.75, 3.05) is 12.3 Å². The third kappa shape index (κ3) is 6.34. The Labute approximate surface area is 128 Å². The van der Waals surface area contributed by atoms with Gasteiger partial charge in [0, 0.05) is 6.54 Å². The summed E-state index contributed by atoms with van der Waals surface area (Å²) in [6.07, 6.45) is 9.88. The maximum Gasteiger partial charge on any atom is 0.322 e. The Kier molecular flexibility index (Phi) is 8.26. The van der Waals surface area contributed by atoms with Crippen LogP contribution in [0.3, 0.4) is 0 Å². The number of carboxylic acid groups (broad SMARTS) is 1. The zero-order chi connectivity index (χ0) is 15.7. The van der Waals surface area contributed by atoms with E-state index in [-0.39, 0.29) is 5.75 Å². The third-order valence-electron chi connectivity index (χ3n) is 4.10. The van der Waals surface area contributed by atoms with Crippen molar-refractivity contribution < 1.29 is 18.3 Å². The van der Waals surface area contributed by atoms with Crippen LogP contribution in [-0.4, -0.2) is 42.1 Å². The molecule has 124 valence electrons. The first kappa shape index (κ1) is 18.4. The third-order valence-corrected chi connectivity index (χ3v) is 6.06. The average Bonchev–Trinajstić information content (AvgIpc) is 2.92. The van der Waals surface area contributed by atoms with Gasteiger partial charge in [0.1, 0.15) is 6.04 Å². The second kappa shape index (κ2) is 9.41. The second-order valence-corrected chi connectivity index (χ2v) is 7.94. The molecule has 1 atom stereocenters. The van der Waals surface area contributed by atoms with Gasteiger partial charge in [-0.2, -0.15) is 4.31 Å². The van der Waals surface area contributed by atoms with E-state index in [2.05, 4.69) is 6.92 Å². The standard InChI is InChI=1S/C15H29NO4S/c1-2-3-4-5-6-7-8-9-13-21(19,20)16-12-10-11-14(16)15(17)18/h14H,2-13H2,1H3,(H,17,18)/t14-/m1/s1. The van der Waals surface area contributed by atoms with Crippen LogP contribution in [0.2, 0.25) is 0 Å². The van der Waals surface area contributed by atoms with Gasteiger partial charge >= 0.3 is 5.97 Å². The van der Waals surface area contributed by atoms with Crippen LogP contribution in [0.15, 0.2) is 0 Å². The summed E-state index contributed by atoms with van der Waals surface area (Å²) in [7, 11) is -3.40. The first-order chi connectivity index (χ1) is 9.99. The van der Waals surface area contributed by atoms with Gasteiger partial charge in [0.2, 0.25) is 10.0 Å². The predicted octanol–water partition coefficient (Wildman–Crippen LogP) is 3.01. The number of nitrogens with zero attached hydrogens (tertiary/aromatic N) is 1. The number of unbranched alkanes of at least 4 members (excludes halogenated alkanes) is 7. The van der Waals surface area contributed by atoms with Gasteiger partial charge in [0.25, 0.3) is 0 Å². The number of aliphatic carboxylic acids is 1. The molecule has 1 aliphatic heterocycles. The van der Waals surface area contributed by atoms with Crippen molar-refractivity contribution in [3.63, 3.8) is 0 Å². The minimum absolute atomic E-state index is 0.0890. The average molecular weight is 319 g/mol. The van der Waals surface area contributed by atoms with Crippen molar-refractivity contribution in [2.24, 2.45) is 0 Å². The molecule has 0 saturated carbocycles. The number of rotatable bonds is 11. The highest BCUT2D eigenvalue weighted by Gasteiger charge is 2.38. The smallest absolute Gasteiger partial charge is 0.322 e. The Balaban J connectivity index is 2.22. The fourth-order valence-electron chi connectivity index (χ4n) is 2.86. The lowest BCUT2D eigenvalue weighted by atomic mass is 10.1. The Bertz CT molecular complexity index is 408. The molecule has 0 aromatic rings. The van der Waals surface area contributed by atoms with Crippen LogP contribution in [0.4, 0.5) is 0 Å². The highest BCUT2D eigenvalue weighted by atomic mass is 32.2. The Morgan fingerprint density at radius 1 is 1.10 bits per heavy atom. The number of hydrogen-bond donors (Lipinski definition) is 1. The summed E-state index contributed by atoms with van der Waals surface area (Å²) in [5.41, 5.74) is 0. The summed E-state index contributed by atoms with van der Waals surface area (Å²) in [6.45, 7) is 2.55. The highest BCUT2D eigenvalue weighted by Crippen LogP contribution is 2.22. The second-order valence-electron chi connectivity index (χ2n) is 5.90. The van der Waals surface area contributed by atoms with E-state index in [0.29, 0.717) is 25.8 Å². The molecule has 1 N–H and O–H groups in total. The number of hydrogen-bond acceptors (Lipinski definition) is 3. The normalized spacial score (nSPS) is 20.0. The maximum absolute atomic E-state index is 12.2. The lowest BCUT2D eigenvalue weighted by Crippen LogP contribution is -2.41. The SMILES string of the molecule is CCCCCCCCCCS(=O)(=O)N1CCC[C@@H]1C(=O)O. The van der Waals surface area contributed by atoms with Gasteiger partial charge in [0.15, 0.2) is 0 Å². The molecule has 0 aliphatic carbocycles. The van der Waals surface area contributed by atoms with Crippen LogP contribution in [0.5, 0.6) is 0 Å². The van der Waals surface area contributed by atoms with Gasteiger partial charge in [-0.25, -0.2) is 8.42 Å². The highest BCUT2D eigenvalue weighted by molar-refractivity contribution is 7.89. The van der Waals surface area contributed by atoms with Gasteiger partial charge < -0.3 is 5.11 Å². The maximum atomic E-state index is 12.2. The van der Waals surface area contributed by atoms with Crippen LogP contribution in [0.25, 0.3) is 0 Å². The van der Waals surface area contributed by atoms with E-state index in [1.165, 1.54) is 36.4 Å². The zero-order valence-electron chi connectivity index (χ0n) is 13.1. The van der Waals surface area contributed by atoms with Crippen LogP contribution in [0.1, 0.15) is 71.1 Å². The lowest BCUT2D eigenvalue weighted by Gasteiger charge is -2.20. The summed E-state index contributed by atoms with van der Waals surface area (Å²) in [4.78, 5) is 11.1. The molecule has 6 heteroatoms. The zero-order valence-corrected chi connectivity index (χ0v) is 13.9. The molecule has 21 heavy (non-hydrogen) atoms. The van der Waals surface area contributed by atoms with Gasteiger partial charge in [0.05, 0.1) is 5.75 Å².